The summed E-state index contributed by atoms with van der Waals surface area (Å²) < 4.78 is 1.67. The van der Waals surface area contributed by atoms with Crippen LogP contribution < -0.4 is 24.8 Å². The first-order valence-corrected chi connectivity index (χ1v) is 18.4. The van der Waals surface area contributed by atoms with Crippen LogP contribution in [0.5, 0.6) is 0 Å². The van der Waals surface area contributed by atoms with Crippen LogP contribution in [-0.4, -0.2) is 6.65 Å². The van der Waals surface area contributed by atoms with Gasteiger partial charge in [-0.05, 0) is 0 Å². The number of hydrogen-bond donors (Lipinski definition) is 0. The van der Waals surface area contributed by atoms with Gasteiger partial charge < -0.3 is 24.8 Å². The Morgan fingerprint density at radius 2 is 1.20 bits per heavy atom. The summed E-state index contributed by atoms with van der Waals surface area (Å²) in [5, 5.41) is 0. The van der Waals surface area contributed by atoms with Crippen molar-refractivity contribution in [2.75, 3.05) is 0 Å². The first-order valence-electron chi connectivity index (χ1n) is 8.80. The molecule has 127 valence electrons. The van der Waals surface area contributed by atoms with Crippen LogP contribution >= 0.6 is 0 Å². The molecule has 1 fully saturated rings. The fourth-order valence-corrected chi connectivity index (χ4v) is 27.8. The van der Waals surface area contributed by atoms with E-state index in [0.717, 1.165) is 7.25 Å². The molecule has 5 rings (SSSR count). The average Bonchev–Trinajstić information content (AvgIpc) is 3.17. The molecule has 0 N–H and O–H groups in total. The van der Waals surface area contributed by atoms with Gasteiger partial charge in [0.15, 0.2) is 0 Å². The van der Waals surface area contributed by atoms with Crippen molar-refractivity contribution in [3.63, 3.8) is 0 Å². The number of benzene rings is 2. The van der Waals surface area contributed by atoms with Gasteiger partial charge in [0.05, 0.1) is 0 Å². The number of halogens is 2. The minimum atomic E-state index is -1.54. The van der Waals surface area contributed by atoms with Gasteiger partial charge in [0, 0.05) is 0 Å². The largest absolute Gasteiger partial charge is 1.00 e. The standard InChI is InChI=1S/2C9H7.C3H7Si.2ClH.Zr/c2*1-2-5-9-7-3-6-8(9)4-1;4-3-1-2-3;;;/h2*1-7H;3H,1-2,4H2;2*1H;/q;;;;;+2/p-2. The molecule has 2 aromatic carbocycles. The Morgan fingerprint density at radius 3 is 1.68 bits per heavy atom. The Kier molecular flexibility index (Phi) is 6.27. The summed E-state index contributed by atoms with van der Waals surface area (Å²) in [4.78, 5) is 0. The fraction of sp³-hybridized carbons (Fsp3) is 0.238. The second kappa shape index (κ2) is 8.09. The number of allylic oxidation sites excluding steroid dienone is 2. The quantitative estimate of drug-likeness (QED) is 0.501. The second-order valence-electron chi connectivity index (χ2n) is 7.15. The zero-order valence-electron chi connectivity index (χ0n) is 14.0. The van der Waals surface area contributed by atoms with Gasteiger partial charge in [-0.25, -0.2) is 0 Å². The van der Waals surface area contributed by atoms with E-state index in [9.17, 15) is 0 Å². The van der Waals surface area contributed by atoms with E-state index in [1.54, 1.807) is 24.0 Å². The molecule has 0 heterocycles. The topological polar surface area (TPSA) is 0 Å². The molecule has 2 atom stereocenters. The zero-order valence-corrected chi connectivity index (χ0v) is 19.4. The summed E-state index contributed by atoms with van der Waals surface area (Å²) in [7, 11) is 0. The zero-order chi connectivity index (χ0) is 15.2. The number of hydrogen-bond acceptors (Lipinski definition) is 0. The Labute approximate surface area is 172 Å². The van der Waals surface area contributed by atoms with Crippen LogP contribution in [0.2, 0.25) is 5.54 Å². The van der Waals surface area contributed by atoms with E-state index in [1.165, 1.54) is 16.7 Å². The Morgan fingerprint density at radius 1 is 0.720 bits per heavy atom. The average molecular weight is 464 g/mol. The van der Waals surface area contributed by atoms with E-state index in [2.05, 4.69) is 72.8 Å². The van der Waals surface area contributed by atoms with Crippen LogP contribution in [-0.2, 0) is 20.9 Å². The summed E-state index contributed by atoms with van der Waals surface area (Å²) in [5.74, 6) is 0. The van der Waals surface area contributed by atoms with Crippen molar-refractivity contribution in [2.24, 2.45) is 0 Å². The van der Waals surface area contributed by atoms with Gasteiger partial charge in [-0.15, -0.1) is 0 Å². The van der Waals surface area contributed by atoms with Gasteiger partial charge in [0.2, 0.25) is 0 Å². The summed E-state index contributed by atoms with van der Waals surface area (Å²) >= 11 is -1.54. The van der Waals surface area contributed by atoms with Crippen molar-refractivity contribution >= 4 is 18.8 Å². The maximum Gasteiger partial charge on any atom is -1.00 e. The monoisotopic (exact) mass is 461 g/mol. The molecular weight excluding hydrogens is 442 g/mol. The van der Waals surface area contributed by atoms with E-state index in [1.807, 2.05) is 0 Å². The van der Waals surface area contributed by atoms with Gasteiger partial charge in [-0.3, -0.25) is 0 Å². The van der Waals surface area contributed by atoms with Gasteiger partial charge in [0.1, 0.15) is 0 Å². The summed E-state index contributed by atoms with van der Waals surface area (Å²) in [5.41, 5.74) is 7.50. The maximum absolute atomic E-state index is 2.59. The third-order valence-corrected chi connectivity index (χ3v) is 26.8. The van der Waals surface area contributed by atoms with Crippen LogP contribution in [0.4, 0.5) is 0 Å². The molecule has 3 aliphatic rings. The van der Waals surface area contributed by atoms with Gasteiger partial charge in [-0.1, -0.05) is 0 Å². The Balaban J connectivity index is 0.000000911. The third kappa shape index (κ3) is 3.69. The molecule has 0 aromatic heterocycles. The van der Waals surface area contributed by atoms with Gasteiger partial charge >= 0.3 is 148 Å². The molecule has 0 radical (unpaired) electrons. The van der Waals surface area contributed by atoms with Gasteiger partial charge in [0.25, 0.3) is 0 Å². The first-order chi connectivity index (χ1) is 11.4. The van der Waals surface area contributed by atoms with E-state index in [0.29, 0.717) is 0 Å². The van der Waals surface area contributed by atoms with Crippen LogP contribution in [0.3, 0.4) is 0 Å². The van der Waals surface area contributed by atoms with Crippen molar-refractivity contribution in [3.8, 4) is 0 Å². The van der Waals surface area contributed by atoms with E-state index < -0.39 is 20.9 Å². The number of fused-ring (bicyclic) bond motifs is 2. The second-order valence-corrected chi connectivity index (χ2v) is 22.4. The number of rotatable bonds is 4. The van der Waals surface area contributed by atoms with E-state index in [-0.39, 0.29) is 31.5 Å². The van der Waals surface area contributed by atoms with Crippen molar-refractivity contribution < 1.29 is 45.7 Å². The SMILES string of the molecule is C1=C[CH]([Zr+2]([SiH2]C2CC2)[CH]2C=Cc3ccccc32)c2ccccc21.[Cl-].[Cl-]. The molecule has 0 amide bonds. The molecule has 4 heteroatoms. The molecule has 1 saturated carbocycles. The van der Waals surface area contributed by atoms with Crippen LogP contribution in [0, 0.1) is 0 Å². The molecule has 2 unspecified atom stereocenters. The van der Waals surface area contributed by atoms with Crippen LogP contribution in [0.15, 0.2) is 60.7 Å². The van der Waals surface area contributed by atoms with Crippen molar-refractivity contribution in [1.29, 1.82) is 0 Å². The van der Waals surface area contributed by atoms with Gasteiger partial charge in [-0.2, -0.15) is 0 Å². The molecule has 2 aromatic rings. The Hall–Kier alpha value is -0.400. The first kappa shape index (κ1) is 19.4. The van der Waals surface area contributed by atoms with Crippen LogP contribution in [0.1, 0.15) is 42.3 Å². The Bertz CT molecular complexity index is 752. The minimum Gasteiger partial charge on any atom is -1.00 e. The molecule has 0 bridgehead atoms. The van der Waals surface area contributed by atoms with Crippen molar-refractivity contribution in [1.82, 2.24) is 0 Å². The summed E-state index contributed by atoms with van der Waals surface area (Å²) in [6, 6.07) is 18.3. The predicted octanol–water partition coefficient (Wildman–Crippen LogP) is -1.19. The fourth-order valence-electron chi connectivity index (χ4n) is 4.25. The minimum absolute atomic E-state index is 0. The van der Waals surface area contributed by atoms with Crippen molar-refractivity contribution in [3.05, 3.63) is 82.9 Å². The summed E-state index contributed by atoms with van der Waals surface area (Å²) in [6.07, 6.45) is 13.1. The molecule has 0 nitrogen and oxygen atoms in total. The van der Waals surface area contributed by atoms with E-state index >= 15 is 0 Å². The molecule has 3 aliphatic carbocycles. The molecule has 0 saturated heterocycles. The normalized spacial score (nSPS) is 22.4. The maximum atomic E-state index is 2.59. The molecule has 25 heavy (non-hydrogen) atoms. The van der Waals surface area contributed by atoms with Crippen LogP contribution in [0.25, 0.3) is 12.2 Å². The molecular formula is C21H21Cl2SiZr. The molecule has 0 aliphatic heterocycles. The smallest absolute Gasteiger partial charge is 1.00 e. The van der Waals surface area contributed by atoms with E-state index in [4.69, 9.17) is 0 Å². The predicted molar refractivity (Wildman–Crippen MR) is 98.0 cm³/mol. The molecule has 0 spiro atoms. The summed E-state index contributed by atoms with van der Waals surface area (Å²) in [6.45, 7) is 0.128. The third-order valence-electron chi connectivity index (χ3n) is 5.62. The van der Waals surface area contributed by atoms with Crippen molar-refractivity contribution in [2.45, 2.75) is 25.6 Å².